The van der Waals surface area contributed by atoms with Crippen LogP contribution in [0.2, 0.25) is 5.02 Å². The topological polar surface area (TPSA) is 68.5 Å². The molecule has 2 aromatic heterocycles. The van der Waals surface area contributed by atoms with Crippen molar-refractivity contribution in [2.75, 3.05) is 7.11 Å². The van der Waals surface area contributed by atoms with E-state index >= 15 is 0 Å². The molecule has 0 saturated carbocycles. The maximum absolute atomic E-state index is 13.1. The molecular formula is C18H14ClF3N4O2. The Balaban J connectivity index is 1.74. The lowest BCUT2D eigenvalue weighted by molar-refractivity contribution is -0.136. The first-order valence-electron chi connectivity index (χ1n) is 7.98. The van der Waals surface area contributed by atoms with E-state index in [2.05, 4.69) is 15.5 Å². The molecule has 2 heterocycles. The second-order valence-corrected chi connectivity index (χ2v) is 6.14. The smallest absolute Gasteiger partial charge is 0.420 e. The Hall–Kier alpha value is -3.07. The predicted octanol–water partition coefficient (Wildman–Crippen LogP) is 3.74. The molecule has 0 saturated heterocycles. The van der Waals surface area contributed by atoms with Crippen LogP contribution in [0, 0.1) is 0 Å². The van der Waals surface area contributed by atoms with Crippen molar-refractivity contribution >= 4 is 29.2 Å². The summed E-state index contributed by atoms with van der Waals surface area (Å²) < 4.78 is 45.5. The van der Waals surface area contributed by atoms with E-state index < -0.39 is 17.6 Å². The molecule has 146 valence electrons. The molecule has 1 N–H and O–H groups in total. The number of hydrogen-bond donors (Lipinski definition) is 1. The van der Waals surface area contributed by atoms with Gasteiger partial charge in [-0.1, -0.05) is 23.7 Å². The summed E-state index contributed by atoms with van der Waals surface area (Å²) in [5.41, 5.74) is -0.625. The molecule has 0 fully saturated rings. The summed E-state index contributed by atoms with van der Waals surface area (Å²) in [4.78, 5) is 12.0. The number of aromatic nitrogens is 3. The summed E-state index contributed by atoms with van der Waals surface area (Å²) in [5.74, 6) is 0.318. The van der Waals surface area contributed by atoms with Crippen LogP contribution in [0.25, 0.3) is 11.7 Å². The predicted molar refractivity (Wildman–Crippen MR) is 96.9 cm³/mol. The average Bonchev–Trinajstić information content (AvgIpc) is 3.06. The van der Waals surface area contributed by atoms with E-state index in [1.807, 2.05) is 0 Å². The minimum Gasteiger partial charge on any atom is -0.497 e. The summed E-state index contributed by atoms with van der Waals surface area (Å²) in [7, 11) is 1.54. The number of nitrogens with one attached hydrogen (secondary N) is 1. The SMILES string of the molecule is COc1cccc(C=CC(=O)NCc2nnc3c(C(F)(F)F)cc(Cl)cn23)c1. The normalized spacial score (nSPS) is 11.9. The number of pyridine rings is 1. The lowest BCUT2D eigenvalue weighted by atomic mass is 10.2. The van der Waals surface area contributed by atoms with E-state index in [-0.39, 0.29) is 23.0 Å². The van der Waals surface area contributed by atoms with Gasteiger partial charge >= 0.3 is 6.18 Å². The molecule has 0 radical (unpaired) electrons. The molecule has 0 spiro atoms. The van der Waals surface area contributed by atoms with E-state index in [4.69, 9.17) is 16.3 Å². The number of ether oxygens (including phenoxy) is 1. The van der Waals surface area contributed by atoms with Gasteiger partial charge in [0.1, 0.15) is 11.3 Å². The van der Waals surface area contributed by atoms with Gasteiger partial charge < -0.3 is 10.1 Å². The molecule has 1 amide bonds. The van der Waals surface area contributed by atoms with Crippen LogP contribution in [0.3, 0.4) is 0 Å². The highest BCUT2D eigenvalue weighted by Crippen LogP contribution is 2.33. The standard InChI is InChI=1S/C18H14ClF3N4O2/c1-28-13-4-2-3-11(7-13)5-6-16(27)23-9-15-24-25-17-14(18(20,21)22)8-12(19)10-26(15)17/h2-8,10H,9H2,1H3,(H,23,27). The van der Waals surface area contributed by atoms with Crippen molar-refractivity contribution < 1.29 is 22.7 Å². The number of halogens is 4. The Morgan fingerprint density at radius 2 is 2.11 bits per heavy atom. The van der Waals surface area contributed by atoms with E-state index in [0.29, 0.717) is 5.75 Å². The minimum atomic E-state index is -4.63. The number of rotatable bonds is 5. The third-order valence-electron chi connectivity index (χ3n) is 3.79. The fraction of sp³-hybridized carbons (Fsp3) is 0.167. The van der Waals surface area contributed by atoms with Crippen LogP contribution in [0.5, 0.6) is 5.75 Å². The highest BCUT2D eigenvalue weighted by molar-refractivity contribution is 6.30. The van der Waals surface area contributed by atoms with Gasteiger partial charge in [0.2, 0.25) is 5.91 Å². The number of fused-ring (bicyclic) bond motifs is 1. The number of alkyl halides is 3. The maximum Gasteiger partial charge on any atom is 0.420 e. The molecule has 3 rings (SSSR count). The first-order chi connectivity index (χ1) is 13.3. The van der Waals surface area contributed by atoms with Crippen LogP contribution < -0.4 is 10.1 Å². The fourth-order valence-electron chi connectivity index (χ4n) is 2.48. The number of methoxy groups -OCH3 is 1. The van der Waals surface area contributed by atoms with E-state index in [9.17, 15) is 18.0 Å². The van der Waals surface area contributed by atoms with Crippen molar-refractivity contribution in [2.24, 2.45) is 0 Å². The number of carbonyl (C=O) groups excluding carboxylic acids is 1. The Kier molecular flexibility index (Phi) is 5.55. The number of nitrogens with zero attached hydrogens (tertiary/aromatic N) is 3. The van der Waals surface area contributed by atoms with E-state index in [0.717, 1.165) is 16.0 Å². The molecule has 10 heteroatoms. The van der Waals surface area contributed by atoms with Crippen molar-refractivity contribution in [1.29, 1.82) is 0 Å². The van der Waals surface area contributed by atoms with Gasteiger partial charge in [0, 0.05) is 12.3 Å². The highest BCUT2D eigenvalue weighted by atomic mass is 35.5. The van der Waals surface area contributed by atoms with Gasteiger partial charge in [-0.2, -0.15) is 13.2 Å². The van der Waals surface area contributed by atoms with Crippen LogP contribution in [0.1, 0.15) is 17.0 Å². The van der Waals surface area contributed by atoms with Crippen LogP contribution >= 0.6 is 11.6 Å². The zero-order chi connectivity index (χ0) is 20.3. The molecule has 0 aliphatic rings. The molecule has 0 bridgehead atoms. The second kappa shape index (κ2) is 7.89. The van der Waals surface area contributed by atoms with Gasteiger partial charge in [0.05, 0.1) is 18.7 Å². The Labute approximate surface area is 162 Å². The molecule has 0 unspecified atom stereocenters. The molecule has 0 atom stereocenters. The first kappa shape index (κ1) is 19.7. The van der Waals surface area contributed by atoms with Crippen LogP contribution in [-0.4, -0.2) is 27.6 Å². The Bertz CT molecular complexity index is 1050. The van der Waals surface area contributed by atoms with Gasteiger partial charge in [0.25, 0.3) is 0 Å². The third kappa shape index (κ3) is 4.42. The summed E-state index contributed by atoms with van der Waals surface area (Å²) in [6.07, 6.45) is -0.483. The summed E-state index contributed by atoms with van der Waals surface area (Å²) in [5, 5.41) is 9.72. The molecule has 0 aliphatic carbocycles. The van der Waals surface area contributed by atoms with Crippen LogP contribution in [0.4, 0.5) is 13.2 Å². The van der Waals surface area contributed by atoms with Crippen molar-refractivity contribution in [2.45, 2.75) is 12.7 Å². The summed E-state index contributed by atoms with van der Waals surface area (Å²) in [6.45, 7) is -0.125. The number of benzene rings is 1. The first-order valence-corrected chi connectivity index (χ1v) is 8.36. The van der Waals surface area contributed by atoms with Gasteiger partial charge in [-0.05, 0) is 29.8 Å². The Morgan fingerprint density at radius 1 is 1.32 bits per heavy atom. The van der Waals surface area contributed by atoms with Gasteiger partial charge in [-0.3, -0.25) is 9.20 Å². The number of hydrogen-bond acceptors (Lipinski definition) is 4. The van der Waals surface area contributed by atoms with Crippen LogP contribution in [-0.2, 0) is 17.5 Å². The lowest BCUT2D eigenvalue weighted by Crippen LogP contribution is -2.21. The minimum absolute atomic E-state index is 0.117. The molecule has 6 nitrogen and oxygen atoms in total. The van der Waals surface area contributed by atoms with Crippen molar-refractivity contribution in [3.63, 3.8) is 0 Å². The molecule has 28 heavy (non-hydrogen) atoms. The molecule has 3 aromatic rings. The average molecular weight is 411 g/mol. The van der Waals surface area contributed by atoms with Crippen molar-refractivity contribution in [1.82, 2.24) is 19.9 Å². The zero-order valence-electron chi connectivity index (χ0n) is 14.5. The molecule has 1 aromatic carbocycles. The van der Waals surface area contributed by atoms with E-state index in [1.54, 1.807) is 30.3 Å². The maximum atomic E-state index is 13.1. The van der Waals surface area contributed by atoms with Crippen LogP contribution in [0.15, 0.2) is 42.6 Å². The number of amides is 1. The fourth-order valence-corrected chi connectivity index (χ4v) is 2.68. The van der Waals surface area contributed by atoms with E-state index in [1.165, 1.54) is 19.4 Å². The largest absolute Gasteiger partial charge is 0.497 e. The third-order valence-corrected chi connectivity index (χ3v) is 4.00. The van der Waals surface area contributed by atoms with Gasteiger partial charge in [0.15, 0.2) is 11.5 Å². The second-order valence-electron chi connectivity index (χ2n) is 5.71. The highest BCUT2D eigenvalue weighted by Gasteiger charge is 2.35. The quantitative estimate of drug-likeness (QED) is 0.651. The van der Waals surface area contributed by atoms with Crippen molar-refractivity contribution in [3.8, 4) is 5.75 Å². The zero-order valence-corrected chi connectivity index (χ0v) is 15.3. The molecule has 0 aliphatic heterocycles. The van der Waals surface area contributed by atoms with Gasteiger partial charge in [-0.15, -0.1) is 10.2 Å². The Morgan fingerprint density at radius 3 is 2.82 bits per heavy atom. The summed E-state index contributed by atoms with van der Waals surface area (Å²) >= 11 is 5.78. The number of carbonyl (C=O) groups is 1. The lowest BCUT2D eigenvalue weighted by Gasteiger charge is -2.09. The van der Waals surface area contributed by atoms with Crippen molar-refractivity contribution in [3.05, 3.63) is 64.6 Å². The monoisotopic (exact) mass is 410 g/mol. The summed E-state index contributed by atoms with van der Waals surface area (Å²) in [6, 6.07) is 7.87. The van der Waals surface area contributed by atoms with Gasteiger partial charge in [-0.25, -0.2) is 0 Å². The molecular weight excluding hydrogens is 397 g/mol.